The van der Waals surface area contributed by atoms with Crippen molar-refractivity contribution in [3.05, 3.63) is 47.2 Å². The Kier molecular flexibility index (Phi) is 4.02. The summed E-state index contributed by atoms with van der Waals surface area (Å²) < 4.78 is 5.42. The summed E-state index contributed by atoms with van der Waals surface area (Å²) >= 11 is 5.79. The summed E-state index contributed by atoms with van der Waals surface area (Å²) in [6.45, 7) is 0. The molecule has 2 aromatic rings. The Labute approximate surface area is 114 Å². The lowest BCUT2D eigenvalue weighted by Gasteiger charge is -1.97. The fraction of sp³-hybridized carbons (Fsp3) is 0.143. The van der Waals surface area contributed by atoms with Gasteiger partial charge in [0.25, 0.3) is 0 Å². The van der Waals surface area contributed by atoms with Gasteiger partial charge in [0, 0.05) is 17.0 Å². The lowest BCUT2D eigenvalue weighted by Crippen LogP contribution is -2.02. The SMILES string of the molecule is O=C(O)CCC(=O)c1ccc(-c2ccc(Cl)cc2)o1. The summed E-state index contributed by atoms with van der Waals surface area (Å²) in [7, 11) is 0. The van der Waals surface area contributed by atoms with Crippen LogP contribution in [-0.4, -0.2) is 16.9 Å². The first-order chi connectivity index (χ1) is 9.06. The van der Waals surface area contributed by atoms with Gasteiger partial charge in [-0.15, -0.1) is 0 Å². The number of furan rings is 1. The molecule has 19 heavy (non-hydrogen) atoms. The van der Waals surface area contributed by atoms with Crippen LogP contribution < -0.4 is 0 Å². The highest BCUT2D eigenvalue weighted by molar-refractivity contribution is 6.30. The average molecular weight is 279 g/mol. The number of carboxylic acids is 1. The summed E-state index contributed by atoms with van der Waals surface area (Å²) in [6.07, 6.45) is -0.265. The second-order valence-electron chi connectivity index (χ2n) is 3.99. The second kappa shape index (κ2) is 5.71. The molecule has 0 aliphatic heterocycles. The fourth-order valence-electron chi connectivity index (χ4n) is 1.60. The highest BCUT2D eigenvalue weighted by atomic mass is 35.5. The Morgan fingerprint density at radius 1 is 1.05 bits per heavy atom. The average Bonchev–Trinajstić information content (AvgIpc) is 2.86. The Bertz CT molecular complexity index is 598. The van der Waals surface area contributed by atoms with Crippen molar-refractivity contribution in [1.82, 2.24) is 0 Å². The molecule has 2 rings (SSSR count). The van der Waals surface area contributed by atoms with Crippen molar-refractivity contribution in [2.24, 2.45) is 0 Å². The van der Waals surface area contributed by atoms with Crippen LogP contribution in [0, 0.1) is 0 Å². The Balaban J connectivity index is 2.12. The Morgan fingerprint density at radius 3 is 2.37 bits per heavy atom. The maximum atomic E-state index is 11.7. The number of Topliss-reactive ketones (excluding diaryl/α,β-unsaturated/α-hetero) is 1. The highest BCUT2D eigenvalue weighted by Gasteiger charge is 2.13. The van der Waals surface area contributed by atoms with E-state index in [9.17, 15) is 9.59 Å². The van der Waals surface area contributed by atoms with Gasteiger partial charge < -0.3 is 9.52 Å². The predicted molar refractivity (Wildman–Crippen MR) is 70.4 cm³/mol. The number of carbonyl (C=O) groups excluding carboxylic acids is 1. The van der Waals surface area contributed by atoms with Gasteiger partial charge in [-0.05, 0) is 36.4 Å². The minimum absolute atomic E-state index is 0.0666. The van der Waals surface area contributed by atoms with Gasteiger partial charge in [0.1, 0.15) is 5.76 Å². The number of aliphatic carboxylic acids is 1. The third-order valence-corrected chi connectivity index (χ3v) is 2.83. The monoisotopic (exact) mass is 278 g/mol. The molecule has 1 aromatic heterocycles. The number of ketones is 1. The fourth-order valence-corrected chi connectivity index (χ4v) is 1.73. The van der Waals surface area contributed by atoms with Gasteiger partial charge in [0.2, 0.25) is 0 Å². The molecule has 0 unspecified atom stereocenters. The van der Waals surface area contributed by atoms with Crippen LogP contribution in [0.25, 0.3) is 11.3 Å². The molecule has 0 saturated carbocycles. The van der Waals surface area contributed by atoms with Crippen molar-refractivity contribution in [3.63, 3.8) is 0 Å². The quantitative estimate of drug-likeness (QED) is 0.848. The van der Waals surface area contributed by atoms with E-state index in [1.54, 1.807) is 36.4 Å². The first-order valence-corrected chi connectivity index (χ1v) is 6.05. The Morgan fingerprint density at radius 2 is 1.74 bits per heavy atom. The molecule has 0 atom stereocenters. The van der Waals surface area contributed by atoms with E-state index in [0.29, 0.717) is 10.8 Å². The number of carboxylic acid groups (broad SMARTS) is 1. The van der Waals surface area contributed by atoms with Gasteiger partial charge in [0.15, 0.2) is 11.5 Å². The Hall–Kier alpha value is -2.07. The van der Waals surface area contributed by atoms with Gasteiger partial charge in [-0.1, -0.05) is 11.6 Å². The van der Waals surface area contributed by atoms with Gasteiger partial charge in [-0.3, -0.25) is 9.59 Å². The number of halogens is 1. The molecule has 0 spiro atoms. The van der Waals surface area contributed by atoms with E-state index in [-0.39, 0.29) is 24.4 Å². The number of rotatable bonds is 5. The smallest absolute Gasteiger partial charge is 0.303 e. The van der Waals surface area contributed by atoms with Crippen LogP contribution >= 0.6 is 11.6 Å². The predicted octanol–water partition coefficient (Wildman–Crippen LogP) is 3.65. The van der Waals surface area contributed by atoms with Gasteiger partial charge in [0.05, 0.1) is 6.42 Å². The van der Waals surface area contributed by atoms with Gasteiger partial charge in [-0.2, -0.15) is 0 Å². The van der Waals surface area contributed by atoms with Crippen molar-refractivity contribution in [2.75, 3.05) is 0 Å². The molecule has 1 N–H and O–H groups in total. The first kappa shape index (κ1) is 13.4. The van der Waals surface area contributed by atoms with Crippen LogP contribution in [-0.2, 0) is 4.79 Å². The minimum Gasteiger partial charge on any atom is -0.481 e. The van der Waals surface area contributed by atoms with Crippen molar-refractivity contribution in [3.8, 4) is 11.3 Å². The molecule has 1 aromatic carbocycles. The maximum Gasteiger partial charge on any atom is 0.303 e. The molecule has 0 aliphatic carbocycles. The molecule has 0 aliphatic rings. The molecular weight excluding hydrogens is 268 g/mol. The highest BCUT2D eigenvalue weighted by Crippen LogP contribution is 2.24. The lowest BCUT2D eigenvalue weighted by molar-refractivity contribution is -0.136. The van der Waals surface area contributed by atoms with E-state index >= 15 is 0 Å². The van der Waals surface area contributed by atoms with Crippen LogP contribution in [0.1, 0.15) is 23.4 Å². The molecule has 5 heteroatoms. The normalized spacial score (nSPS) is 10.4. The molecule has 0 amide bonds. The maximum absolute atomic E-state index is 11.7. The zero-order chi connectivity index (χ0) is 13.8. The summed E-state index contributed by atoms with van der Waals surface area (Å²) in [6, 6.07) is 10.3. The van der Waals surface area contributed by atoms with E-state index in [4.69, 9.17) is 21.1 Å². The van der Waals surface area contributed by atoms with E-state index in [2.05, 4.69) is 0 Å². The minimum atomic E-state index is -1.00. The third kappa shape index (κ3) is 3.45. The van der Waals surface area contributed by atoms with Crippen molar-refractivity contribution >= 4 is 23.4 Å². The molecule has 0 radical (unpaired) electrons. The van der Waals surface area contributed by atoms with E-state index < -0.39 is 5.97 Å². The summed E-state index contributed by atoms with van der Waals surface area (Å²) in [5, 5.41) is 9.14. The van der Waals surface area contributed by atoms with Crippen LogP contribution in [0.5, 0.6) is 0 Å². The van der Waals surface area contributed by atoms with Crippen LogP contribution in [0.15, 0.2) is 40.8 Å². The zero-order valence-electron chi connectivity index (χ0n) is 9.93. The topological polar surface area (TPSA) is 67.5 Å². The van der Waals surface area contributed by atoms with E-state index in [0.717, 1.165) is 5.56 Å². The number of benzene rings is 1. The van der Waals surface area contributed by atoms with Crippen molar-refractivity contribution in [2.45, 2.75) is 12.8 Å². The second-order valence-corrected chi connectivity index (χ2v) is 4.42. The number of hydrogen-bond acceptors (Lipinski definition) is 3. The number of carbonyl (C=O) groups is 2. The molecule has 0 bridgehead atoms. The molecule has 1 heterocycles. The van der Waals surface area contributed by atoms with E-state index in [1.807, 2.05) is 0 Å². The summed E-state index contributed by atoms with van der Waals surface area (Å²) in [5.41, 5.74) is 0.807. The molecule has 4 nitrogen and oxygen atoms in total. The molecule has 98 valence electrons. The molecule has 0 saturated heterocycles. The van der Waals surface area contributed by atoms with Gasteiger partial charge >= 0.3 is 5.97 Å². The van der Waals surface area contributed by atoms with Gasteiger partial charge in [-0.25, -0.2) is 0 Å². The van der Waals surface area contributed by atoms with Crippen LogP contribution in [0.3, 0.4) is 0 Å². The summed E-state index contributed by atoms with van der Waals surface area (Å²) in [4.78, 5) is 22.1. The van der Waals surface area contributed by atoms with Crippen LogP contribution in [0.4, 0.5) is 0 Å². The van der Waals surface area contributed by atoms with Crippen molar-refractivity contribution in [1.29, 1.82) is 0 Å². The number of hydrogen-bond donors (Lipinski definition) is 1. The zero-order valence-corrected chi connectivity index (χ0v) is 10.7. The molecule has 0 fully saturated rings. The lowest BCUT2D eigenvalue weighted by atomic mass is 10.2. The first-order valence-electron chi connectivity index (χ1n) is 5.67. The third-order valence-electron chi connectivity index (χ3n) is 2.58. The van der Waals surface area contributed by atoms with Crippen LogP contribution in [0.2, 0.25) is 5.02 Å². The molecular formula is C14H11ClO4. The van der Waals surface area contributed by atoms with Crippen molar-refractivity contribution < 1.29 is 19.1 Å². The van der Waals surface area contributed by atoms with E-state index in [1.165, 1.54) is 0 Å². The standard InChI is InChI=1S/C14H11ClO4/c15-10-3-1-9(2-4-10)12-6-7-13(19-12)11(16)5-8-14(17)18/h1-4,6-7H,5,8H2,(H,17,18). The largest absolute Gasteiger partial charge is 0.481 e. The summed E-state index contributed by atoms with van der Waals surface area (Å²) in [5.74, 6) is -0.595.